The van der Waals surface area contributed by atoms with E-state index in [0.29, 0.717) is 29.0 Å². The molecule has 1 saturated carbocycles. The second kappa shape index (κ2) is 11.1. The number of ether oxygens (including phenoxy) is 1. The number of anilines is 1. The lowest BCUT2D eigenvalue weighted by Crippen LogP contribution is -2.92. The second-order valence-corrected chi connectivity index (χ2v) is 7.62. The maximum Gasteiger partial charge on any atom is 0.277 e. The van der Waals surface area contributed by atoms with Crippen molar-refractivity contribution in [3.05, 3.63) is 23.2 Å². The predicted molar refractivity (Wildman–Crippen MR) is 107 cm³/mol. The van der Waals surface area contributed by atoms with Crippen LogP contribution in [0.3, 0.4) is 0 Å². The number of likely N-dealkylation sites (N-methyl/N-ethyl adjacent to an activating group) is 1. The molecule has 2 amide bonds. The van der Waals surface area contributed by atoms with Crippen molar-refractivity contribution in [3.8, 4) is 5.75 Å². The van der Waals surface area contributed by atoms with Crippen molar-refractivity contribution in [3.63, 3.8) is 0 Å². The third-order valence-electron chi connectivity index (χ3n) is 5.02. The number of nitrogens with two attached hydrogens (primary N) is 1. The Morgan fingerprint density at radius 3 is 2.56 bits per heavy atom. The summed E-state index contributed by atoms with van der Waals surface area (Å²) in [6.07, 6.45) is 8.76. The quantitative estimate of drug-likeness (QED) is 0.743. The van der Waals surface area contributed by atoms with E-state index >= 15 is 0 Å². The van der Waals surface area contributed by atoms with Gasteiger partial charge in [0.1, 0.15) is 5.75 Å². The van der Waals surface area contributed by atoms with Gasteiger partial charge >= 0.3 is 0 Å². The number of halogens is 1. The van der Waals surface area contributed by atoms with Crippen molar-refractivity contribution in [1.82, 2.24) is 4.90 Å². The summed E-state index contributed by atoms with van der Waals surface area (Å²) in [4.78, 5) is 26.1. The van der Waals surface area contributed by atoms with E-state index in [1.807, 2.05) is 0 Å². The van der Waals surface area contributed by atoms with Crippen LogP contribution in [0.25, 0.3) is 0 Å². The molecule has 0 aromatic heterocycles. The van der Waals surface area contributed by atoms with E-state index in [4.69, 9.17) is 16.3 Å². The van der Waals surface area contributed by atoms with Crippen LogP contribution in [-0.2, 0) is 9.59 Å². The number of hydrogen-bond donors (Lipinski definition) is 2. The largest absolute Gasteiger partial charge is 0.495 e. The molecule has 0 heterocycles. The van der Waals surface area contributed by atoms with Gasteiger partial charge in [-0.15, -0.1) is 0 Å². The number of rotatable bonds is 7. The summed E-state index contributed by atoms with van der Waals surface area (Å²) in [5.41, 5.74) is 0.497. The topological polar surface area (TPSA) is 75.2 Å². The van der Waals surface area contributed by atoms with Gasteiger partial charge < -0.3 is 20.3 Å². The van der Waals surface area contributed by atoms with E-state index in [9.17, 15) is 9.59 Å². The normalized spacial score (nSPS) is 15.5. The van der Waals surface area contributed by atoms with E-state index in [1.165, 1.54) is 57.0 Å². The zero-order valence-corrected chi connectivity index (χ0v) is 17.1. The van der Waals surface area contributed by atoms with Crippen LogP contribution >= 0.6 is 11.6 Å². The average molecular weight is 397 g/mol. The highest BCUT2D eigenvalue weighted by Crippen LogP contribution is 2.27. The highest BCUT2D eigenvalue weighted by Gasteiger charge is 2.19. The fourth-order valence-corrected chi connectivity index (χ4v) is 3.59. The zero-order chi connectivity index (χ0) is 19.6. The molecule has 3 N–H and O–H groups in total. The van der Waals surface area contributed by atoms with Crippen molar-refractivity contribution >= 4 is 29.1 Å². The van der Waals surface area contributed by atoms with Gasteiger partial charge in [0.2, 0.25) is 5.91 Å². The fourth-order valence-electron chi connectivity index (χ4n) is 3.42. The molecule has 0 aliphatic heterocycles. The minimum Gasteiger partial charge on any atom is -0.495 e. The molecule has 1 fully saturated rings. The summed E-state index contributed by atoms with van der Waals surface area (Å²) in [5.74, 6) is 0.210. The van der Waals surface area contributed by atoms with Crippen molar-refractivity contribution < 1.29 is 19.6 Å². The first-order chi connectivity index (χ1) is 13.0. The summed E-state index contributed by atoms with van der Waals surface area (Å²) in [5, 5.41) is 5.40. The third-order valence-corrected chi connectivity index (χ3v) is 5.25. The van der Waals surface area contributed by atoms with Crippen LogP contribution in [0.4, 0.5) is 5.69 Å². The minimum atomic E-state index is -0.280. The molecule has 0 atom stereocenters. The molecule has 0 bridgehead atoms. The Labute approximate surface area is 166 Å². The monoisotopic (exact) mass is 396 g/mol. The zero-order valence-electron chi connectivity index (χ0n) is 16.3. The molecule has 0 saturated heterocycles. The van der Waals surface area contributed by atoms with E-state index in [2.05, 4.69) is 10.6 Å². The van der Waals surface area contributed by atoms with Crippen molar-refractivity contribution in [2.75, 3.05) is 32.6 Å². The number of carbonyl (C=O) groups is 2. The van der Waals surface area contributed by atoms with Gasteiger partial charge in [-0.1, -0.05) is 30.9 Å². The number of hydrogen-bond acceptors (Lipinski definition) is 3. The van der Waals surface area contributed by atoms with Gasteiger partial charge in [0.15, 0.2) is 6.54 Å². The molecule has 0 spiro atoms. The molecular weight excluding hydrogens is 366 g/mol. The van der Waals surface area contributed by atoms with Crippen LogP contribution < -0.4 is 15.4 Å². The highest BCUT2D eigenvalue weighted by molar-refractivity contribution is 6.31. The first-order valence-corrected chi connectivity index (χ1v) is 10.1. The van der Waals surface area contributed by atoms with Crippen LogP contribution in [0, 0.1) is 0 Å². The van der Waals surface area contributed by atoms with Crippen molar-refractivity contribution in [2.24, 2.45) is 0 Å². The number of benzene rings is 1. The molecule has 27 heavy (non-hydrogen) atoms. The first-order valence-electron chi connectivity index (χ1n) is 9.70. The van der Waals surface area contributed by atoms with Crippen LogP contribution in [0.5, 0.6) is 5.75 Å². The smallest absolute Gasteiger partial charge is 0.277 e. The molecule has 2 rings (SSSR count). The molecule has 1 aliphatic rings. The second-order valence-electron chi connectivity index (χ2n) is 7.19. The Kier molecular flexibility index (Phi) is 8.88. The number of nitrogens with zero attached hydrogens (tertiary/aromatic N) is 1. The Morgan fingerprint density at radius 2 is 1.89 bits per heavy atom. The van der Waals surface area contributed by atoms with Crippen molar-refractivity contribution in [2.45, 2.75) is 51.0 Å². The third kappa shape index (κ3) is 7.39. The summed E-state index contributed by atoms with van der Waals surface area (Å²) in [6, 6.07) is 5.53. The number of carbonyl (C=O) groups excluding carboxylic acids is 2. The Bertz CT molecular complexity index is 631. The Morgan fingerprint density at radius 1 is 1.22 bits per heavy atom. The summed E-state index contributed by atoms with van der Waals surface area (Å²) >= 11 is 5.97. The van der Waals surface area contributed by atoms with Gasteiger partial charge in [0.25, 0.3) is 5.91 Å². The lowest BCUT2D eigenvalue weighted by atomic mass is 9.97. The summed E-state index contributed by atoms with van der Waals surface area (Å²) in [6.45, 7) is 0.377. The molecular formula is C20H31ClN3O3+. The molecule has 6 nitrogen and oxygen atoms in total. The van der Waals surface area contributed by atoms with E-state index in [0.717, 1.165) is 0 Å². The number of nitrogens with one attached hydrogen (secondary N) is 1. The van der Waals surface area contributed by atoms with Crippen LogP contribution in [-0.4, -0.2) is 50.0 Å². The van der Waals surface area contributed by atoms with Gasteiger partial charge in [-0.2, -0.15) is 0 Å². The molecule has 7 heteroatoms. The minimum absolute atomic E-state index is 0.00694. The number of amides is 2. The summed E-state index contributed by atoms with van der Waals surface area (Å²) in [7, 11) is 3.18. The van der Waals surface area contributed by atoms with Crippen LogP contribution in [0.1, 0.15) is 44.9 Å². The van der Waals surface area contributed by atoms with E-state index in [1.54, 1.807) is 25.2 Å². The SMILES string of the molecule is COc1ccc(Cl)cc1NC(=O)CN(C)C(=O)C[NH2+]C1CCCCCCC1. The highest BCUT2D eigenvalue weighted by atomic mass is 35.5. The standard InChI is InChI=1S/C20H30ClN3O3/c1-24(20(26)13-22-16-8-6-4-3-5-7-9-16)14-19(25)23-17-12-15(21)10-11-18(17)27-2/h10-12,16,22H,3-9,13-14H2,1-2H3,(H,23,25)/p+1. The number of quaternary nitrogens is 1. The molecule has 1 aliphatic carbocycles. The van der Waals surface area contributed by atoms with Crippen LogP contribution in [0.2, 0.25) is 5.02 Å². The lowest BCUT2D eigenvalue weighted by molar-refractivity contribution is -0.681. The molecule has 0 unspecified atom stereocenters. The molecule has 1 aromatic rings. The average Bonchev–Trinajstić information content (AvgIpc) is 2.60. The van der Waals surface area contributed by atoms with Gasteiger partial charge in [-0.25, -0.2) is 0 Å². The van der Waals surface area contributed by atoms with Gasteiger partial charge in [0, 0.05) is 12.1 Å². The van der Waals surface area contributed by atoms with Gasteiger partial charge in [0.05, 0.1) is 25.4 Å². The van der Waals surface area contributed by atoms with E-state index in [-0.39, 0.29) is 18.4 Å². The summed E-state index contributed by atoms with van der Waals surface area (Å²) < 4.78 is 5.22. The van der Waals surface area contributed by atoms with Gasteiger partial charge in [-0.05, 0) is 43.9 Å². The van der Waals surface area contributed by atoms with Gasteiger partial charge in [-0.3, -0.25) is 9.59 Å². The Hall–Kier alpha value is -1.79. The predicted octanol–water partition coefficient (Wildman–Crippen LogP) is 2.42. The van der Waals surface area contributed by atoms with Crippen molar-refractivity contribution in [1.29, 1.82) is 0 Å². The molecule has 0 radical (unpaired) electrons. The number of methoxy groups -OCH3 is 1. The van der Waals surface area contributed by atoms with Crippen LogP contribution in [0.15, 0.2) is 18.2 Å². The first kappa shape index (κ1) is 21.5. The maximum absolute atomic E-state index is 12.4. The molecule has 1 aromatic carbocycles. The van der Waals surface area contributed by atoms with E-state index < -0.39 is 0 Å². The molecule has 150 valence electrons. The lowest BCUT2D eigenvalue weighted by Gasteiger charge is -2.20. The fraction of sp³-hybridized carbons (Fsp3) is 0.600. The Balaban J connectivity index is 1.79. The maximum atomic E-state index is 12.4.